The van der Waals surface area contributed by atoms with Gasteiger partial charge in [0.05, 0.1) is 5.69 Å². The molecule has 0 bridgehead atoms. The molecule has 1 fully saturated rings. The van der Waals surface area contributed by atoms with E-state index >= 15 is 0 Å². The van der Waals surface area contributed by atoms with Crippen LogP contribution in [-0.4, -0.2) is 67.8 Å². The number of alkyl halides is 1. The first-order valence-electron chi connectivity index (χ1n) is 8.08. The molecule has 0 saturated carbocycles. The van der Waals surface area contributed by atoms with Crippen LogP contribution in [0.25, 0.3) is 16.9 Å². The summed E-state index contributed by atoms with van der Waals surface area (Å²) in [4.78, 5) is 24.3. The van der Waals surface area contributed by atoms with E-state index < -0.39 is 0 Å². The summed E-state index contributed by atoms with van der Waals surface area (Å²) >= 11 is 11.6. The van der Waals surface area contributed by atoms with Crippen molar-refractivity contribution in [3.05, 3.63) is 35.6 Å². The summed E-state index contributed by atoms with van der Waals surface area (Å²) in [5.41, 5.74) is 2.07. The van der Waals surface area contributed by atoms with Gasteiger partial charge in [0.15, 0.2) is 17.0 Å². The molecule has 0 radical (unpaired) electrons. The molecule has 0 unspecified atom stereocenters. The number of carbonyl (C=O) groups is 1. The van der Waals surface area contributed by atoms with Crippen molar-refractivity contribution in [3.63, 3.8) is 0 Å². The Morgan fingerprint density at radius 2 is 1.81 bits per heavy atom. The van der Waals surface area contributed by atoms with Crippen LogP contribution in [0.4, 0.5) is 5.82 Å². The van der Waals surface area contributed by atoms with Crippen LogP contribution in [0.3, 0.4) is 0 Å². The Morgan fingerprint density at radius 1 is 1.08 bits per heavy atom. The van der Waals surface area contributed by atoms with E-state index in [1.807, 2.05) is 12.1 Å². The van der Waals surface area contributed by atoms with Gasteiger partial charge in [0.1, 0.15) is 12.2 Å². The summed E-state index contributed by atoms with van der Waals surface area (Å²) in [6, 6.07) is 7.29. The quantitative estimate of drug-likeness (QED) is 0.632. The molecule has 4 rings (SSSR count). The lowest BCUT2D eigenvalue weighted by Gasteiger charge is -2.35. The SMILES string of the molecule is O=C(CCl)N1CCN(c2ncnc3c2nnn3-c2ccc(Cl)cc2)CC1. The van der Waals surface area contributed by atoms with Gasteiger partial charge in [-0.25, -0.2) is 9.97 Å². The zero-order chi connectivity index (χ0) is 18.1. The Hall–Kier alpha value is -2.45. The molecule has 3 aromatic rings. The van der Waals surface area contributed by atoms with Crippen LogP contribution >= 0.6 is 23.2 Å². The number of halogens is 2. The summed E-state index contributed by atoms with van der Waals surface area (Å²) in [6.07, 6.45) is 1.50. The van der Waals surface area contributed by atoms with E-state index in [4.69, 9.17) is 23.2 Å². The molecule has 3 heterocycles. The van der Waals surface area contributed by atoms with Crippen molar-refractivity contribution in [1.29, 1.82) is 0 Å². The molecule has 2 aromatic heterocycles. The summed E-state index contributed by atoms with van der Waals surface area (Å²) in [7, 11) is 0. The van der Waals surface area contributed by atoms with Crippen molar-refractivity contribution in [1.82, 2.24) is 29.9 Å². The van der Waals surface area contributed by atoms with Crippen LogP contribution in [0.1, 0.15) is 0 Å². The summed E-state index contributed by atoms with van der Waals surface area (Å²) in [5.74, 6) is 0.675. The molecule has 0 spiro atoms. The van der Waals surface area contributed by atoms with Gasteiger partial charge in [-0.3, -0.25) is 4.79 Å². The predicted molar refractivity (Wildman–Crippen MR) is 99.0 cm³/mol. The fourth-order valence-corrected chi connectivity index (χ4v) is 3.27. The van der Waals surface area contributed by atoms with Gasteiger partial charge in [-0.05, 0) is 24.3 Å². The molecule has 1 aromatic carbocycles. The van der Waals surface area contributed by atoms with Gasteiger partial charge in [0.2, 0.25) is 5.91 Å². The van der Waals surface area contributed by atoms with E-state index in [9.17, 15) is 4.79 Å². The normalized spacial score (nSPS) is 14.8. The van der Waals surface area contributed by atoms with Gasteiger partial charge in [0.25, 0.3) is 0 Å². The van der Waals surface area contributed by atoms with Gasteiger partial charge in [-0.2, -0.15) is 4.68 Å². The number of benzene rings is 1. The van der Waals surface area contributed by atoms with Crippen LogP contribution in [0.5, 0.6) is 0 Å². The Bertz CT molecular complexity index is 935. The monoisotopic (exact) mass is 391 g/mol. The lowest BCUT2D eigenvalue weighted by atomic mass is 10.3. The smallest absolute Gasteiger partial charge is 0.237 e. The number of fused-ring (bicyclic) bond motifs is 1. The zero-order valence-corrected chi connectivity index (χ0v) is 15.2. The number of carbonyl (C=O) groups excluding carboxylic acids is 1. The van der Waals surface area contributed by atoms with Crippen molar-refractivity contribution in [3.8, 4) is 5.69 Å². The summed E-state index contributed by atoms with van der Waals surface area (Å²) < 4.78 is 1.66. The second-order valence-electron chi connectivity index (χ2n) is 5.85. The molecule has 10 heteroatoms. The molecule has 1 amide bonds. The van der Waals surface area contributed by atoms with Crippen LogP contribution < -0.4 is 4.90 Å². The van der Waals surface area contributed by atoms with Crippen LogP contribution in [0.2, 0.25) is 5.02 Å². The Balaban J connectivity index is 1.64. The predicted octanol–water partition coefficient (Wildman–Crippen LogP) is 1.75. The second kappa shape index (κ2) is 7.05. The number of nitrogens with zero attached hydrogens (tertiary/aromatic N) is 7. The highest BCUT2D eigenvalue weighted by Gasteiger charge is 2.24. The number of rotatable bonds is 3. The average Bonchev–Trinajstić information content (AvgIpc) is 3.12. The van der Waals surface area contributed by atoms with Crippen molar-refractivity contribution in [2.24, 2.45) is 0 Å². The molecule has 0 atom stereocenters. The van der Waals surface area contributed by atoms with Gasteiger partial charge < -0.3 is 9.80 Å². The van der Waals surface area contributed by atoms with E-state index in [1.165, 1.54) is 6.33 Å². The average molecular weight is 392 g/mol. The third-order valence-corrected chi connectivity index (χ3v) is 4.82. The Labute approximate surface area is 159 Å². The largest absolute Gasteiger partial charge is 0.351 e. The van der Waals surface area contributed by atoms with Crippen molar-refractivity contribution >= 4 is 46.1 Å². The number of aromatic nitrogens is 5. The number of anilines is 1. The first kappa shape index (κ1) is 17.0. The minimum Gasteiger partial charge on any atom is -0.351 e. The third-order valence-electron chi connectivity index (χ3n) is 4.34. The maximum absolute atomic E-state index is 11.7. The van der Waals surface area contributed by atoms with E-state index in [1.54, 1.807) is 21.7 Å². The van der Waals surface area contributed by atoms with Crippen LogP contribution in [-0.2, 0) is 4.79 Å². The highest BCUT2D eigenvalue weighted by atomic mass is 35.5. The van der Waals surface area contributed by atoms with E-state index in [0.717, 1.165) is 5.69 Å². The fourth-order valence-electron chi connectivity index (χ4n) is 2.98. The lowest BCUT2D eigenvalue weighted by Crippen LogP contribution is -2.49. The zero-order valence-electron chi connectivity index (χ0n) is 13.7. The molecule has 8 nitrogen and oxygen atoms in total. The molecular weight excluding hydrogens is 377 g/mol. The number of piperazine rings is 1. The third kappa shape index (κ3) is 3.06. The molecule has 1 aliphatic rings. The van der Waals surface area contributed by atoms with Crippen molar-refractivity contribution in [2.45, 2.75) is 0 Å². The van der Waals surface area contributed by atoms with Crippen molar-refractivity contribution in [2.75, 3.05) is 37.0 Å². The number of hydrogen-bond donors (Lipinski definition) is 0. The summed E-state index contributed by atoms with van der Waals surface area (Å²) in [5, 5.41) is 9.14. The van der Waals surface area contributed by atoms with E-state index in [0.29, 0.717) is 48.2 Å². The number of hydrogen-bond acceptors (Lipinski definition) is 6. The van der Waals surface area contributed by atoms with E-state index in [2.05, 4.69) is 25.2 Å². The molecule has 1 aliphatic heterocycles. The molecule has 26 heavy (non-hydrogen) atoms. The van der Waals surface area contributed by atoms with Crippen molar-refractivity contribution < 1.29 is 4.79 Å². The minimum atomic E-state index is -0.0483. The second-order valence-corrected chi connectivity index (χ2v) is 6.55. The highest BCUT2D eigenvalue weighted by molar-refractivity contribution is 6.30. The standard InChI is InChI=1S/C16H15Cl2N7O/c17-9-13(26)23-5-7-24(8-6-23)15-14-16(20-10-19-15)25(22-21-14)12-3-1-11(18)2-4-12/h1-4,10H,5-9H2. The van der Waals surface area contributed by atoms with Crippen LogP contribution in [0, 0.1) is 0 Å². The topological polar surface area (TPSA) is 80.0 Å². The highest BCUT2D eigenvalue weighted by Crippen LogP contribution is 2.24. The van der Waals surface area contributed by atoms with E-state index in [-0.39, 0.29) is 11.8 Å². The Morgan fingerprint density at radius 3 is 2.50 bits per heavy atom. The maximum atomic E-state index is 11.7. The number of amides is 1. The van der Waals surface area contributed by atoms with Gasteiger partial charge in [-0.1, -0.05) is 16.8 Å². The molecule has 1 saturated heterocycles. The van der Waals surface area contributed by atoms with Gasteiger partial charge in [-0.15, -0.1) is 16.7 Å². The lowest BCUT2D eigenvalue weighted by molar-refractivity contribution is -0.128. The van der Waals surface area contributed by atoms with Crippen LogP contribution in [0.15, 0.2) is 30.6 Å². The van der Waals surface area contributed by atoms with Gasteiger partial charge >= 0.3 is 0 Å². The first-order chi connectivity index (χ1) is 12.7. The Kier molecular flexibility index (Phi) is 4.60. The van der Waals surface area contributed by atoms with Gasteiger partial charge in [0, 0.05) is 31.2 Å². The molecular formula is C16H15Cl2N7O. The maximum Gasteiger partial charge on any atom is 0.237 e. The molecule has 134 valence electrons. The fraction of sp³-hybridized carbons (Fsp3) is 0.312. The summed E-state index contributed by atoms with van der Waals surface area (Å²) in [6.45, 7) is 2.51. The minimum absolute atomic E-state index is 0.00711. The first-order valence-corrected chi connectivity index (χ1v) is 8.99. The molecule has 0 aliphatic carbocycles. The molecule has 0 N–H and O–H groups in total.